The molecule has 0 saturated heterocycles. The van der Waals surface area contributed by atoms with Crippen LogP contribution >= 0.6 is 11.3 Å². The first-order valence-corrected chi connectivity index (χ1v) is 17.6. The van der Waals surface area contributed by atoms with Gasteiger partial charge in [-0.05, 0) is 47.2 Å². The molecule has 5 N–H and O–H groups in total. The molecule has 49 heavy (non-hydrogen) atoms. The molecule has 0 aliphatic heterocycles. The van der Waals surface area contributed by atoms with E-state index in [-0.39, 0.29) is 18.4 Å². The summed E-state index contributed by atoms with van der Waals surface area (Å²) in [5, 5.41) is 14.7. The second kappa shape index (κ2) is 17.7. The van der Waals surface area contributed by atoms with Gasteiger partial charge in [0.25, 0.3) is 5.91 Å². The molecule has 2 heterocycles. The SMILES string of the molecule is CCCCCCCOc1ccc(-c2cnc(-c3ccc(C[C@H](NC(=O)c4ccc(C(C)(C)C)s4)C(=O)N[C@H](CN)C(=O)O)cc3)nc2)cc1. The van der Waals surface area contributed by atoms with E-state index in [0.717, 1.165) is 45.9 Å². The normalized spacial score (nSPS) is 12.6. The third kappa shape index (κ3) is 11.0. The Hall–Kier alpha value is -4.61. The first-order valence-electron chi connectivity index (χ1n) is 16.8. The lowest BCUT2D eigenvalue weighted by molar-refractivity contribution is -0.141. The minimum Gasteiger partial charge on any atom is -0.494 e. The van der Waals surface area contributed by atoms with Crippen LogP contribution in [0.25, 0.3) is 22.5 Å². The first-order chi connectivity index (χ1) is 23.5. The Morgan fingerprint density at radius 3 is 2.08 bits per heavy atom. The largest absolute Gasteiger partial charge is 0.494 e. The van der Waals surface area contributed by atoms with Gasteiger partial charge in [0.05, 0.1) is 11.5 Å². The summed E-state index contributed by atoms with van der Waals surface area (Å²) >= 11 is 1.36. The number of hydrogen-bond acceptors (Lipinski definition) is 8. The van der Waals surface area contributed by atoms with Crippen molar-refractivity contribution in [3.05, 3.63) is 88.4 Å². The lowest BCUT2D eigenvalue weighted by Crippen LogP contribution is -2.54. The van der Waals surface area contributed by atoms with Gasteiger partial charge in [0.15, 0.2) is 5.82 Å². The number of carboxylic acid groups (broad SMARTS) is 1. The van der Waals surface area contributed by atoms with E-state index in [1.807, 2.05) is 54.6 Å². The van der Waals surface area contributed by atoms with Gasteiger partial charge >= 0.3 is 5.97 Å². The lowest BCUT2D eigenvalue weighted by Gasteiger charge is -2.21. The van der Waals surface area contributed by atoms with Crippen LogP contribution in [-0.4, -0.2) is 58.1 Å². The van der Waals surface area contributed by atoms with Crippen LogP contribution in [0.15, 0.2) is 73.1 Å². The number of aromatic nitrogens is 2. The van der Waals surface area contributed by atoms with Gasteiger partial charge in [0, 0.05) is 41.4 Å². The van der Waals surface area contributed by atoms with Crippen LogP contribution < -0.4 is 21.1 Å². The van der Waals surface area contributed by atoms with Gasteiger partial charge in [-0.3, -0.25) is 9.59 Å². The highest BCUT2D eigenvalue weighted by atomic mass is 32.1. The Labute approximate surface area is 292 Å². The second-order valence-electron chi connectivity index (χ2n) is 13.1. The summed E-state index contributed by atoms with van der Waals surface area (Å²) in [5.41, 5.74) is 8.84. The van der Waals surface area contributed by atoms with Gasteiger partial charge in [0.2, 0.25) is 5.91 Å². The van der Waals surface area contributed by atoms with Crippen molar-refractivity contribution in [3.63, 3.8) is 0 Å². The molecule has 0 fully saturated rings. The van der Waals surface area contributed by atoms with Crippen LogP contribution in [-0.2, 0) is 21.4 Å². The molecule has 2 amide bonds. The molecular formula is C38H47N5O5S. The van der Waals surface area contributed by atoms with E-state index in [4.69, 9.17) is 10.5 Å². The number of carbonyl (C=O) groups is 3. The van der Waals surface area contributed by atoms with Crippen LogP contribution in [0.4, 0.5) is 0 Å². The van der Waals surface area contributed by atoms with Crippen molar-refractivity contribution in [1.29, 1.82) is 0 Å². The average Bonchev–Trinajstić information content (AvgIpc) is 3.61. The molecule has 10 nitrogen and oxygen atoms in total. The van der Waals surface area contributed by atoms with Crippen LogP contribution in [0, 0.1) is 0 Å². The number of nitrogens with one attached hydrogen (secondary N) is 2. The number of carboxylic acids is 1. The summed E-state index contributed by atoms with van der Waals surface area (Å²) in [6.45, 7) is 8.82. The number of benzene rings is 2. The third-order valence-electron chi connectivity index (χ3n) is 8.05. The summed E-state index contributed by atoms with van der Waals surface area (Å²) in [7, 11) is 0. The van der Waals surface area contributed by atoms with E-state index in [1.54, 1.807) is 18.5 Å². The molecule has 0 unspecified atom stereocenters. The summed E-state index contributed by atoms with van der Waals surface area (Å²) in [6.07, 6.45) is 9.68. The molecule has 0 spiro atoms. The molecule has 260 valence electrons. The van der Waals surface area contributed by atoms with Crippen molar-refractivity contribution in [3.8, 4) is 28.3 Å². The monoisotopic (exact) mass is 685 g/mol. The fourth-order valence-electron chi connectivity index (χ4n) is 5.09. The maximum Gasteiger partial charge on any atom is 0.327 e. The summed E-state index contributed by atoms with van der Waals surface area (Å²) < 4.78 is 5.88. The number of nitrogens with zero attached hydrogens (tertiary/aromatic N) is 2. The molecular weight excluding hydrogens is 639 g/mol. The minimum absolute atomic E-state index is 0.130. The number of thiophene rings is 1. The number of carbonyl (C=O) groups excluding carboxylic acids is 2. The Balaban J connectivity index is 1.41. The predicted octanol–water partition coefficient (Wildman–Crippen LogP) is 6.39. The molecule has 0 radical (unpaired) electrons. The molecule has 2 aromatic carbocycles. The fraction of sp³-hybridized carbons (Fsp3) is 0.395. The standard InChI is InChI=1S/C38H47N5O5S/c1-5-6-7-8-9-20-48-29-16-14-26(15-17-29)28-23-40-34(41-24-28)27-12-10-25(11-13-27)21-30(35(44)43-31(22-39)37(46)47)42-36(45)32-18-19-33(49-32)38(2,3)4/h10-19,23-24,30-31H,5-9,20-22,39H2,1-4H3,(H,42,45)(H,43,44)(H,46,47)/t30-,31+/m0/s1. The predicted molar refractivity (Wildman–Crippen MR) is 194 cm³/mol. The van der Waals surface area contributed by atoms with Crippen LogP contribution in [0.1, 0.15) is 79.9 Å². The molecule has 4 rings (SSSR count). The highest BCUT2D eigenvalue weighted by Gasteiger charge is 2.27. The highest BCUT2D eigenvalue weighted by Crippen LogP contribution is 2.29. The molecule has 0 aliphatic rings. The molecule has 2 aromatic heterocycles. The first kappa shape index (κ1) is 37.2. The molecule has 0 bridgehead atoms. The van der Waals surface area contributed by atoms with E-state index in [0.29, 0.717) is 10.7 Å². The summed E-state index contributed by atoms with van der Waals surface area (Å²) in [6, 6.07) is 16.6. The van der Waals surface area contributed by atoms with E-state index in [9.17, 15) is 19.5 Å². The minimum atomic E-state index is -1.28. The number of rotatable bonds is 17. The zero-order chi connectivity index (χ0) is 35.4. The van der Waals surface area contributed by atoms with Gasteiger partial charge in [-0.2, -0.15) is 0 Å². The number of aliphatic carboxylic acids is 1. The fourth-order valence-corrected chi connectivity index (χ4v) is 6.05. The van der Waals surface area contributed by atoms with Crippen LogP contribution in [0.2, 0.25) is 0 Å². The number of hydrogen-bond donors (Lipinski definition) is 4. The van der Waals surface area contributed by atoms with E-state index in [2.05, 4.69) is 48.3 Å². The van der Waals surface area contributed by atoms with E-state index in [1.165, 1.54) is 37.0 Å². The van der Waals surface area contributed by atoms with Gasteiger partial charge in [-0.15, -0.1) is 11.3 Å². The van der Waals surface area contributed by atoms with Crippen molar-refractivity contribution < 1.29 is 24.2 Å². The van der Waals surface area contributed by atoms with Crippen molar-refractivity contribution in [2.45, 2.75) is 83.7 Å². The van der Waals surface area contributed by atoms with Crippen LogP contribution in [0.5, 0.6) is 5.75 Å². The van der Waals surface area contributed by atoms with E-state index < -0.39 is 29.9 Å². The summed E-state index contributed by atoms with van der Waals surface area (Å²) in [5.74, 6) is -0.910. The average molecular weight is 686 g/mol. The maximum absolute atomic E-state index is 13.2. The molecule has 4 aromatic rings. The van der Waals surface area contributed by atoms with Crippen molar-refractivity contribution >= 4 is 29.1 Å². The Morgan fingerprint density at radius 1 is 0.837 bits per heavy atom. The Bertz CT molecular complexity index is 1660. The molecule has 0 saturated carbocycles. The number of amides is 2. The zero-order valence-electron chi connectivity index (χ0n) is 28.7. The number of ether oxygens (including phenoxy) is 1. The molecule has 0 aliphatic carbocycles. The lowest BCUT2D eigenvalue weighted by atomic mass is 9.95. The number of nitrogens with two attached hydrogens (primary N) is 1. The number of unbranched alkanes of at least 4 members (excludes halogenated alkanes) is 4. The third-order valence-corrected chi connectivity index (χ3v) is 9.56. The zero-order valence-corrected chi connectivity index (χ0v) is 29.5. The highest BCUT2D eigenvalue weighted by molar-refractivity contribution is 7.14. The van der Waals surface area contributed by atoms with E-state index >= 15 is 0 Å². The van der Waals surface area contributed by atoms with Crippen molar-refractivity contribution in [1.82, 2.24) is 20.6 Å². The summed E-state index contributed by atoms with van der Waals surface area (Å²) in [4.78, 5) is 48.6. The second-order valence-corrected chi connectivity index (χ2v) is 14.1. The van der Waals surface area contributed by atoms with Gasteiger partial charge in [0.1, 0.15) is 17.8 Å². The smallest absolute Gasteiger partial charge is 0.327 e. The molecule has 2 atom stereocenters. The topological polar surface area (TPSA) is 157 Å². The van der Waals surface area contributed by atoms with Crippen LogP contribution in [0.3, 0.4) is 0 Å². The van der Waals surface area contributed by atoms with Gasteiger partial charge in [-0.1, -0.05) is 89.8 Å². The van der Waals surface area contributed by atoms with Crippen molar-refractivity contribution in [2.75, 3.05) is 13.2 Å². The van der Waals surface area contributed by atoms with Crippen molar-refractivity contribution in [2.24, 2.45) is 5.73 Å². The Kier molecular flexibility index (Phi) is 13.4. The van der Waals surface area contributed by atoms with Gasteiger partial charge in [-0.25, -0.2) is 14.8 Å². The van der Waals surface area contributed by atoms with Gasteiger partial charge < -0.3 is 26.2 Å². The Morgan fingerprint density at radius 2 is 1.49 bits per heavy atom. The quantitative estimate of drug-likeness (QED) is 0.0932. The maximum atomic E-state index is 13.2. The molecule has 11 heteroatoms.